The molecule has 0 saturated heterocycles. The molecule has 0 aliphatic carbocycles. The smallest absolute Gasteiger partial charge is 0.107 e. The number of hydrogen-bond donors (Lipinski definition) is 1. The molecule has 2 rings (SSSR count). The average molecular weight is 443 g/mol. The fourth-order valence-corrected chi connectivity index (χ4v) is 4.47. The summed E-state index contributed by atoms with van der Waals surface area (Å²) in [5, 5.41) is 15.0. The molecule has 1 unspecified atom stereocenters. The van der Waals surface area contributed by atoms with Crippen LogP contribution in [0.15, 0.2) is 15.0 Å². The molecular formula is C13H15Br2ClN2OS. The standard InChI is InChI=1S/C13H15Br2ClN2OS/c1-3-8-12(15)9(18(4-2)17-8)6-10(19)11-5-7(14)13(16)20-11/h5,10,19H,3-4,6H2,1-2H3. The van der Waals surface area contributed by atoms with Crippen molar-refractivity contribution >= 4 is 54.8 Å². The third-order valence-corrected chi connectivity index (χ3v) is 6.56. The number of halogens is 3. The van der Waals surface area contributed by atoms with Crippen molar-refractivity contribution in [1.29, 1.82) is 0 Å². The predicted molar refractivity (Wildman–Crippen MR) is 90.7 cm³/mol. The van der Waals surface area contributed by atoms with Gasteiger partial charge in [0.25, 0.3) is 0 Å². The summed E-state index contributed by atoms with van der Waals surface area (Å²) in [6.45, 7) is 4.91. The molecule has 1 N–H and O–H groups in total. The van der Waals surface area contributed by atoms with Gasteiger partial charge in [0.15, 0.2) is 0 Å². The Bertz CT molecular complexity index is 592. The highest BCUT2D eigenvalue weighted by molar-refractivity contribution is 9.11. The van der Waals surface area contributed by atoms with E-state index in [-0.39, 0.29) is 0 Å². The van der Waals surface area contributed by atoms with E-state index in [0.717, 1.165) is 38.2 Å². The highest BCUT2D eigenvalue weighted by atomic mass is 79.9. The molecule has 0 saturated carbocycles. The molecule has 20 heavy (non-hydrogen) atoms. The molecule has 0 spiro atoms. The summed E-state index contributed by atoms with van der Waals surface area (Å²) in [5.74, 6) is 0. The van der Waals surface area contributed by atoms with Crippen molar-refractivity contribution in [2.75, 3.05) is 0 Å². The van der Waals surface area contributed by atoms with Gasteiger partial charge in [-0.25, -0.2) is 0 Å². The van der Waals surface area contributed by atoms with Crippen LogP contribution in [0.4, 0.5) is 0 Å². The lowest BCUT2D eigenvalue weighted by Crippen LogP contribution is -2.08. The molecule has 0 radical (unpaired) electrons. The van der Waals surface area contributed by atoms with Crippen molar-refractivity contribution in [3.63, 3.8) is 0 Å². The van der Waals surface area contributed by atoms with Crippen LogP contribution in [0.3, 0.4) is 0 Å². The first kappa shape index (κ1) is 16.5. The summed E-state index contributed by atoms with van der Waals surface area (Å²) in [5.41, 5.74) is 2.05. The predicted octanol–water partition coefficient (Wildman–Crippen LogP) is 4.98. The van der Waals surface area contributed by atoms with Crippen molar-refractivity contribution in [2.45, 2.75) is 39.3 Å². The van der Waals surface area contributed by atoms with Gasteiger partial charge < -0.3 is 5.11 Å². The minimum Gasteiger partial charge on any atom is -0.387 e. The molecular weight excluding hydrogens is 427 g/mol. The first-order chi connectivity index (χ1) is 9.47. The molecule has 0 bridgehead atoms. The zero-order chi connectivity index (χ0) is 14.9. The second-order valence-corrected chi connectivity index (χ2v) is 7.70. The molecule has 1 atom stereocenters. The lowest BCUT2D eigenvalue weighted by atomic mass is 10.1. The van der Waals surface area contributed by atoms with Crippen LogP contribution in [0, 0.1) is 0 Å². The Morgan fingerprint density at radius 3 is 2.65 bits per heavy atom. The molecule has 0 aliphatic heterocycles. The van der Waals surface area contributed by atoms with Gasteiger partial charge in [-0.1, -0.05) is 18.5 Å². The van der Waals surface area contributed by atoms with Crippen molar-refractivity contribution in [3.8, 4) is 0 Å². The number of nitrogens with zero attached hydrogens (tertiary/aromatic N) is 2. The van der Waals surface area contributed by atoms with E-state index < -0.39 is 6.10 Å². The van der Waals surface area contributed by atoms with E-state index in [1.165, 1.54) is 11.3 Å². The fraction of sp³-hybridized carbons (Fsp3) is 0.462. The van der Waals surface area contributed by atoms with E-state index in [9.17, 15) is 5.11 Å². The second kappa shape index (κ2) is 6.92. The van der Waals surface area contributed by atoms with E-state index in [2.05, 4.69) is 43.9 Å². The number of aryl methyl sites for hydroxylation is 2. The molecule has 2 aromatic heterocycles. The van der Waals surface area contributed by atoms with Gasteiger partial charge >= 0.3 is 0 Å². The second-order valence-electron chi connectivity index (χ2n) is 4.37. The Morgan fingerprint density at radius 2 is 2.15 bits per heavy atom. The summed E-state index contributed by atoms with van der Waals surface area (Å²) in [4.78, 5) is 0.857. The topological polar surface area (TPSA) is 38.0 Å². The van der Waals surface area contributed by atoms with Crippen LogP contribution < -0.4 is 0 Å². The van der Waals surface area contributed by atoms with Crippen molar-refractivity contribution in [2.24, 2.45) is 0 Å². The van der Waals surface area contributed by atoms with E-state index >= 15 is 0 Å². The molecule has 2 aromatic rings. The number of thiophene rings is 1. The Balaban J connectivity index is 2.27. The number of hydrogen-bond acceptors (Lipinski definition) is 3. The van der Waals surface area contributed by atoms with Crippen LogP contribution in [0.2, 0.25) is 4.34 Å². The molecule has 2 heterocycles. The third kappa shape index (κ3) is 3.30. The summed E-state index contributed by atoms with van der Waals surface area (Å²) in [6, 6.07) is 1.87. The van der Waals surface area contributed by atoms with E-state index in [1.54, 1.807) is 0 Å². The number of aliphatic hydroxyl groups is 1. The van der Waals surface area contributed by atoms with Gasteiger partial charge in [0.2, 0.25) is 0 Å². The molecule has 0 aliphatic rings. The maximum Gasteiger partial charge on any atom is 0.107 e. The van der Waals surface area contributed by atoms with Crippen molar-refractivity contribution in [1.82, 2.24) is 9.78 Å². The third-order valence-electron chi connectivity index (χ3n) is 3.07. The van der Waals surface area contributed by atoms with Crippen molar-refractivity contribution in [3.05, 3.63) is 35.6 Å². The Hall–Kier alpha value is 0.120. The molecule has 0 amide bonds. The van der Waals surface area contributed by atoms with Crippen LogP contribution in [0.1, 0.15) is 36.2 Å². The van der Waals surface area contributed by atoms with Crippen LogP contribution >= 0.6 is 54.8 Å². The minimum atomic E-state index is -0.577. The monoisotopic (exact) mass is 440 g/mol. The number of aliphatic hydroxyl groups excluding tert-OH is 1. The quantitative estimate of drug-likeness (QED) is 0.709. The van der Waals surface area contributed by atoms with E-state index in [1.807, 2.05) is 17.7 Å². The lowest BCUT2D eigenvalue weighted by Gasteiger charge is -2.10. The molecule has 0 fully saturated rings. The highest BCUT2D eigenvalue weighted by Gasteiger charge is 2.20. The Morgan fingerprint density at radius 1 is 1.45 bits per heavy atom. The van der Waals surface area contributed by atoms with Gasteiger partial charge in [-0.2, -0.15) is 5.10 Å². The Labute approximate surface area is 144 Å². The highest BCUT2D eigenvalue weighted by Crippen LogP contribution is 2.37. The van der Waals surface area contributed by atoms with Gasteiger partial charge in [0.1, 0.15) is 4.34 Å². The van der Waals surface area contributed by atoms with Crippen LogP contribution in [-0.4, -0.2) is 14.9 Å². The first-order valence-corrected chi connectivity index (χ1v) is 9.12. The van der Waals surface area contributed by atoms with E-state index in [4.69, 9.17) is 11.6 Å². The maximum absolute atomic E-state index is 10.4. The van der Waals surface area contributed by atoms with Gasteiger partial charge in [-0.15, -0.1) is 11.3 Å². The largest absolute Gasteiger partial charge is 0.387 e. The summed E-state index contributed by atoms with van der Waals surface area (Å²) in [7, 11) is 0. The number of rotatable bonds is 5. The minimum absolute atomic E-state index is 0.519. The number of aromatic nitrogens is 2. The van der Waals surface area contributed by atoms with Gasteiger partial charge in [0.05, 0.1) is 22.0 Å². The van der Waals surface area contributed by atoms with Gasteiger partial charge in [0, 0.05) is 22.3 Å². The van der Waals surface area contributed by atoms with E-state index in [0.29, 0.717) is 10.8 Å². The SMILES string of the molecule is CCc1nn(CC)c(CC(O)c2cc(Br)c(Cl)s2)c1Br. The average Bonchev–Trinajstić information content (AvgIpc) is 2.92. The summed E-state index contributed by atoms with van der Waals surface area (Å²) >= 11 is 14.4. The van der Waals surface area contributed by atoms with Crippen LogP contribution in [0.5, 0.6) is 0 Å². The fourth-order valence-electron chi connectivity index (χ4n) is 2.02. The summed E-state index contributed by atoms with van der Waals surface area (Å²) < 4.78 is 4.44. The van der Waals surface area contributed by atoms with Crippen molar-refractivity contribution < 1.29 is 5.11 Å². The van der Waals surface area contributed by atoms with Crippen LogP contribution in [0.25, 0.3) is 0 Å². The lowest BCUT2D eigenvalue weighted by molar-refractivity contribution is 0.179. The van der Waals surface area contributed by atoms with Gasteiger partial charge in [-0.3, -0.25) is 4.68 Å². The molecule has 110 valence electrons. The van der Waals surface area contributed by atoms with Gasteiger partial charge in [-0.05, 0) is 51.3 Å². The van der Waals surface area contributed by atoms with Crippen LogP contribution in [-0.2, 0) is 19.4 Å². The zero-order valence-electron chi connectivity index (χ0n) is 11.2. The normalized spacial score (nSPS) is 12.9. The molecule has 0 aromatic carbocycles. The zero-order valence-corrected chi connectivity index (χ0v) is 15.9. The Kier molecular flexibility index (Phi) is 5.71. The maximum atomic E-state index is 10.4. The summed E-state index contributed by atoms with van der Waals surface area (Å²) in [6.07, 6.45) is 0.810. The molecule has 3 nitrogen and oxygen atoms in total. The first-order valence-electron chi connectivity index (χ1n) is 6.34. The molecule has 7 heteroatoms.